The fourth-order valence-electron chi connectivity index (χ4n) is 3.65. The molecule has 0 spiro atoms. The third-order valence-electron chi connectivity index (χ3n) is 5.10. The summed E-state index contributed by atoms with van der Waals surface area (Å²) in [4.78, 5) is 26.9. The summed E-state index contributed by atoms with van der Waals surface area (Å²) in [7, 11) is 0. The summed E-state index contributed by atoms with van der Waals surface area (Å²) in [6.07, 6.45) is 5.66. The lowest BCUT2D eigenvalue weighted by Gasteiger charge is -2.29. The monoisotopic (exact) mass is 371 g/mol. The maximum Gasteiger partial charge on any atom is 0.274 e. The molecular weight excluding hydrogens is 345 g/mol. The van der Waals surface area contributed by atoms with Crippen molar-refractivity contribution in [1.29, 1.82) is 0 Å². The first-order valence-corrected chi connectivity index (χ1v) is 9.72. The first-order valence-electron chi connectivity index (χ1n) is 9.72. The van der Waals surface area contributed by atoms with Gasteiger partial charge < -0.3 is 4.90 Å². The first-order chi connectivity index (χ1) is 13.1. The van der Waals surface area contributed by atoms with Crippen LogP contribution in [0.25, 0.3) is 0 Å². The molecule has 27 heavy (non-hydrogen) atoms. The number of carbonyl (C=O) groups is 1. The normalized spacial score (nSPS) is 14.4. The summed E-state index contributed by atoms with van der Waals surface area (Å²) in [5.41, 5.74) is 1.12. The molecule has 1 amide bonds. The quantitative estimate of drug-likeness (QED) is 0.749. The predicted molar refractivity (Wildman–Crippen MR) is 102 cm³/mol. The second-order valence-corrected chi connectivity index (χ2v) is 7.09. The van der Waals surface area contributed by atoms with E-state index in [-0.39, 0.29) is 23.3 Å². The Morgan fingerprint density at radius 2 is 1.89 bits per heavy atom. The summed E-state index contributed by atoms with van der Waals surface area (Å²) < 4.78 is 14.5. The smallest absolute Gasteiger partial charge is 0.274 e. The molecule has 0 unspecified atom stereocenters. The highest BCUT2D eigenvalue weighted by Gasteiger charge is 2.28. The highest BCUT2D eigenvalue weighted by Crippen LogP contribution is 2.25. The Morgan fingerprint density at radius 1 is 1.19 bits per heavy atom. The van der Waals surface area contributed by atoms with Crippen molar-refractivity contribution in [3.8, 4) is 0 Å². The lowest BCUT2D eigenvalue weighted by Crippen LogP contribution is -2.41. The molecule has 1 fully saturated rings. The number of hydrogen-bond acceptors (Lipinski definition) is 3. The van der Waals surface area contributed by atoms with Crippen molar-refractivity contribution in [2.45, 2.75) is 58.0 Å². The summed E-state index contributed by atoms with van der Waals surface area (Å²) in [5.74, 6) is -0.390. The standard InChI is InChI=1S/C21H26FN3O2/c1-2-14-25-20(26)12-11-19(23-25)21(27)24(18-5-3-4-6-18)15-13-16-7-9-17(22)10-8-16/h7-12,18H,2-6,13-15H2,1H3. The van der Waals surface area contributed by atoms with Gasteiger partial charge in [-0.15, -0.1) is 0 Å². The van der Waals surface area contributed by atoms with Crippen LogP contribution in [0, 0.1) is 5.82 Å². The van der Waals surface area contributed by atoms with E-state index >= 15 is 0 Å². The molecule has 144 valence electrons. The number of aromatic nitrogens is 2. The zero-order valence-electron chi connectivity index (χ0n) is 15.7. The minimum absolute atomic E-state index is 0.131. The van der Waals surface area contributed by atoms with Crippen LogP contribution >= 0.6 is 0 Å². The van der Waals surface area contributed by atoms with Crippen molar-refractivity contribution in [2.75, 3.05) is 6.54 Å². The molecule has 1 heterocycles. The fraction of sp³-hybridized carbons (Fsp3) is 0.476. The zero-order chi connectivity index (χ0) is 19.2. The minimum Gasteiger partial charge on any atom is -0.334 e. The average Bonchev–Trinajstić information content (AvgIpc) is 3.19. The van der Waals surface area contributed by atoms with Crippen molar-refractivity contribution in [2.24, 2.45) is 0 Å². The molecule has 1 aliphatic rings. The van der Waals surface area contributed by atoms with Crippen molar-refractivity contribution < 1.29 is 9.18 Å². The number of amides is 1. The van der Waals surface area contributed by atoms with Crippen molar-refractivity contribution in [3.05, 3.63) is 63.8 Å². The van der Waals surface area contributed by atoms with Gasteiger partial charge in [0, 0.05) is 25.2 Å². The maximum absolute atomic E-state index is 13.2. The van der Waals surface area contributed by atoms with Gasteiger partial charge in [0.15, 0.2) is 0 Å². The zero-order valence-corrected chi connectivity index (χ0v) is 15.7. The number of hydrogen-bond donors (Lipinski definition) is 0. The Bertz CT molecular complexity index is 826. The van der Waals surface area contributed by atoms with Gasteiger partial charge in [0.25, 0.3) is 11.5 Å². The summed E-state index contributed by atoms with van der Waals surface area (Å²) in [6, 6.07) is 9.54. The van der Waals surface area contributed by atoms with Gasteiger partial charge in [-0.25, -0.2) is 9.07 Å². The second-order valence-electron chi connectivity index (χ2n) is 7.09. The van der Waals surface area contributed by atoms with Crippen molar-refractivity contribution >= 4 is 5.91 Å². The summed E-state index contributed by atoms with van der Waals surface area (Å²) in [6.45, 7) is 3.03. The van der Waals surface area contributed by atoms with Crippen LogP contribution in [0.3, 0.4) is 0 Å². The molecule has 3 rings (SSSR count). The Balaban J connectivity index is 1.79. The SMILES string of the molecule is CCCn1nc(C(=O)N(CCc2ccc(F)cc2)C2CCCC2)ccc1=O. The minimum atomic E-state index is -0.259. The molecule has 5 nitrogen and oxygen atoms in total. The Kier molecular flexibility index (Phi) is 6.37. The molecule has 1 saturated carbocycles. The van der Waals surface area contributed by atoms with Crippen LogP contribution in [0.5, 0.6) is 0 Å². The molecule has 0 N–H and O–H groups in total. The van der Waals surface area contributed by atoms with Gasteiger partial charge in [-0.1, -0.05) is 31.9 Å². The predicted octanol–water partition coefficient (Wildman–Crippen LogP) is 3.42. The van der Waals surface area contributed by atoms with E-state index in [0.29, 0.717) is 25.2 Å². The topological polar surface area (TPSA) is 55.2 Å². The van der Waals surface area contributed by atoms with Crippen LogP contribution in [0.15, 0.2) is 41.2 Å². The first kappa shape index (κ1) is 19.3. The van der Waals surface area contributed by atoms with Gasteiger partial charge in [-0.2, -0.15) is 5.10 Å². The number of halogens is 1. The highest BCUT2D eigenvalue weighted by molar-refractivity contribution is 5.92. The van der Waals surface area contributed by atoms with Crippen LogP contribution in [0.2, 0.25) is 0 Å². The fourth-order valence-corrected chi connectivity index (χ4v) is 3.65. The largest absolute Gasteiger partial charge is 0.334 e. The number of rotatable bonds is 7. The van der Waals surface area contributed by atoms with Gasteiger partial charge >= 0.3 is 0 Å². The maximum atomic E-state index is 13.2. The van der Waals surface area contributed by atoms with Gasteiger partial charge in [-0.3, -0.25) is 9.59 Å². The van der Waals surface area contributed by atoms with E-state index in [9.17, 15) is 14.0 Å². The molecule has 0 saturated heterocycles. The number of nitrogens with zero attached hydrogens (tertiary/aromatic N) is 3. The van der Waals surface area contributed by atoms with Crippen LogP contribution in [-0.2, 0) is 13.0 Å². The van der Waals surface area contributed by atoms with E-state index in [1.165, 1.54) is 28.9 Å². The molecule has 0 aliphatic heterocycles. The molecule has 0 radical (unpaired) electrons. The number of aryl methyl sites for hydroxylation is 1. The Labute approximate surface area is 158 Å². The molecule has 6 heteroatoms. The van der Waals surface area contributed by atoms with Crippen molar-refractivity contribution in [1.82, 2.24) is 14.7 Å². The number of carbonyl (C=O) groups excluding carboxylic acids is 1. The van der Waals surface area contributed by atoms with Crippen molar-refractivity contribution in [3.63, 3.8) is 0 Å². The van der Waals surface area contributed by atoms with Gasteiger partial charge in [0.1, 0.15) is 11.5 Å². The molecule has 1 aromatic heterocycles. The molecular formula is C21H26FN3O2. The second kappa shape index (κ2) is 8.93. The van der Waals surface area contributed by atoms with Crippen LogP contribution in [0.4, 0.5) is 4.39 Å². The van der Waals surface area contributed by atoms with E-state index in [2.05, 4.69) is 5.10 Å². The molecule has 1 aromatic carbocycles. The van der Waals surface area contributed by atoms with E-state index in [1.807, 2.05) is 11.8 Å². The highest BCUT2D eigenvalue weighted by atomic mass is 19.1. The van der Waals surface area contributed by atoms with Crippen LogP contribution in [0.1, 0.15) is 55.1 Å². The van der Waals surface area contributed by atoms with Crippen LogP contribution in [-0.4, -0.2) is 33.2 Å². The number of benzene rings is 1. The van der Waals surface area contributed by atoms with Gasteiger partial charge in [0.05, 0.1) is 0 Å². The molecule has 2 aromatic rings. The third kappa shape index (κ3) is 4.81. The van der Waals surface area contributed by atoms with E-state index in [4.69, 9.17) is 0 Å². The molecule has 0 atom stereocenters. The average molecular weight is 371 g/mol. The summed E-state index contributed by atoms with van der Waals surface area (Å²) in [5, 5.41) is 4.28. The van der Waals surface area contributed by atoms with E-state index in [0.717, 1.165) is 37.7 Å². The third-order valence-corrected chi connectivity index (χ3v) is 5.10. The van der Waals surface area contributed by atoms with Gasteiger partial charge in [-0.05, 0) is 49.4 Å². The molecule has 1 aliphatic carbocycles. The van der Waals surface area contributed by atoms with E-state index < -0.39 is 0 Å². The summed E-state index contributed by atoms with van der Waals surface area (Å²) >= 11 is 0. The lowest BCUT2D eigenvalue weighted by molar-refractivity contribution is 0.0675. The lowest BCUT2D eigenvalue weighted by atomic mass is 10.1. The van der Waals surface area contributed by atoms with Crippen LogP contribution < -0.4 is 5.56 Å². The molecule has 0 bridgehead atoms. The van der Waals surface area contributed by atoms with Gasteiger partial charge in [0.2, 0.25) is 0 Å². The Morgan fingerprint density at radius 3 is 2.56 bits per heavy atom. The van der Waals surface area contributed by atoms with E-state index in [1.54, 1.807) is 12.1 Å². The Hall–Kier alpha value is -2.50.